The van der Waals surface area contributed by atoms with Crippen molar-refractivity contribution in [2.45, 2.75) is 137 Å². The van der Waals surface area contributed by atoms with Crippen molar-refractivity contribution in [2.75, 3.05) is 112 Å². The molecule has 0 spiro atoms. The van der Waals surface area contributed by atoms with Gasteiger partial charge in [-0.15, -0.1) is 0 Å². The zero-order chi connectivity index (χ0) is 72.6. The van der Waals surface area contributed by atoms with E-state index in [0.29, 0.717) is 66.9 Å². The Morgan fingerprint density at radius 3 is 1.67 bits per heavy atom. The van der Waals surface area contributed by atoms with Crippen LogP contribution in [0, 0.1) is 16.0 Å². The molecule has 1 aliphatic rings. The van der Waals surface area contributed by atoms with Crippen molar-refractivity contribution in [3.8, 4) is 5.75 Å². The number of rotatable bonds is 40. The maximum Gasteiger partial charge on any atom is 0.407 e. The highest BCUT2D eigenvalue weighted by Gasteiger charge is 2.21. The van der Waals surface area contributed by atoms with Crippen LogP contribution in [0.15, 0.2) is 115 Å². The summed E-state index contributed by atoms with van der Waals surface area (Å²) in [6.07, 6.45) is 12.2. The molecule has 2 atom stereocenters. The first-order valence-corrected chi connectivity index (χ1v) is 34.3. The summed E-state index contributed by atoms with van der Waals surface area (Å²) in [7, 11) is 1.60. The zero-order valence-corrected chi connectivity index (χ0v) is 58.5. The fraction of sp³-hybridized carbons (Fsp3) is 0.507. The summed E-state index contributed by atoms with van der Waals surface area (Å²) in [6, 6.07) is 20.7. The molecule has 0 bridgehead atoms. The first-order chi connectivity index (χ1) is 48.3. The maximum atomic E-state index is 12.9. The number of nitrogens with one attached hydrogen (secondary N) is 10. The number of H-pyrrole nitrogens is 2. The highest BCUT2D eigenvalue weighted by molar-refractivity contribution is 6.10. The molecule has 100 heavy (non-hydrogen) atoms. The predicted octanol–water partition coefficient (Wildman–Crippen LogP) is 10.4. The molecule has 0 saturated heterocycles. The van der Waals surface area contributed by atoms with E-state index in [1.165, 1.54) is 24.3 Å². The standard InChI is InChI=1S/C41H57N11O5.C28H43N7O8/c1-6-10-12-28(8-3)34-26-36(53)46-38(44-34)48-40(55)42-22-24-52(32-18-14-30(15-19-32)50-51-31-16-20-33(57-5)21-17-31)25-23-43-41(56)49-39-45-35(27-37(54)47-39)29(9-4)13-11-7-2;1-20(2)21-17-25(32-26(38)18-21)33-27(39)30-9-5-3-4-6-10-31-28(40)43-16-11-29-23-8-7-22(19-24(23)35(41)42)34(12-14-36)13-15-37/h14-21,26-29H,6-13,22-25H2,1-5H3,(H3,42,44,46,48,53,55)(H3,43,45,47,49,54,56);7-8,18-20,29,36-37H,3-6,9-17H2,1-2H3,(H,31,40)(H2,30,32,33,38,39). The molecule has 5 aromatic rings. The van der Waals surface area contributed by atoms with Crippen LogP contribution in [0.25, 0.3) is 0 Å². The second kappa shape index (κ2) is 44.6. The topological polar surface area (TPSA) is 419 Å². The van der Waals surface area contributed by atoms with Crippen molar-refractivity contribution in [2.24, 2.45) is 21.1 Å². The van der Waals surface area contributed by atoms with Crippen molar-refractivity contribution in [3.63, 3.8) is 0 Å². The van der Waals surface area contributed by atoms with Gasteiger partial charge in [-0.25, -0.2) is 29.1 Å². The number of azo groups is 1. The molecule has 6 rings (SSSR count). The number of amides is 8. The number of methoxy groups -OCH3 is 1. The molecule has 2 unspecified atom stereocenters. The van der Waals surface area contributed by atoms with Gasteiger partial charge in [0.05, 0.1) is 48.0 Å². The minimum atomic E-state index is -0.591. The molecule has 31 heteroatoms. The van der Waals surface area contributed by atoms with E-state index < -0.39 is 29.1 Å². The number of aliphatic imine (C=N–C) groups is 1. The second-order valence-electron chi connectivity index (χ2n) is 23.8. The average Bonchev–Trinajstić information content (AvgIpc) is 0.842. The number of alkyl carbamates (subject to hydrolysis) is 1. The van der Waals surface area contributed by atoms with Gasteiger partial charge in [-0.1, -0.05) is 85.6 Å². The number of aliphatic hydroxyl groups is 2. The summed E-state index contributed by atoms with van der Waals surface area (Å²) in [4.78, 5) is 119. The van der Waals surface area contributed by atoms with Gasteiger partial charge < -0.3 is 61.4 Å². The number of carbonyl (C=O) groups excluding carboxylic acids is 5. The van der Waals surface area contributed by atoms with Gasteiger partial charge in [0.15, 0.2) is 0 Å². The molecular weight excluding hydrogens is 1290 g/mol. The first kappa shape index (κ1) is 80.4. The van der Waals surface area contributed by atoms with Crippen LogP contribution < -0.4 is 68.2 Å². The minimum absolute atomic E-state index is 0.00542. The molecule has 3 heterocycles. The van der Waals surface area contributed by atoms with Gasteiger partial charge in [-0.3, -0.25) is 45.1 Å². The molecule has 12 N–H and O–H groups in total. The van der Waals surface area contributed by atoms with Crippen LogP contribution in [0.3, 0.4) is 0 Å². The highest BCUT2D eigenvalue weighted by Crippen LogP contribution is 2.31. The van der Waals surface area contributed by atoms with Gasteiger partial charge in [0.1, 0.15) is 23.9 Å². The van der Waals surface area contributed by atoms with E-state index in [1.807, 2.05) is 67.3 Å². The predicted molar refractivity (Wildman–Crippen MR) is 387 cm³/mol. The van der Waals surface area contributed by atoms with E-state index in [9.17, 15) is 53.9 Å². The summed E-state index contributed by atoms with van der Waals surface area (Å²) in [5, 5.41) is 60.4. The van der Waals surface area contributed by atoms with Crippen LogP contribution in [0.4, 0.5) is 65.2 Å². The third kappa shape index (κ3) is 29.4. The fourth-order valence-corrected chi connectivity index (χ4v) is 10.5. The smallest absolute Gasteiger partial charge is 0.407 e. The summed E-state index contributed by atoms with van der Waals surface area (Å²) in [5.74, 6) is 1.43. The van der Waals surface area contributed by atoms with Crippen LogP contribution >= 0.6 is 0 Å². The van der Waals surface area contributed by atoms with E-state index in [2.05, 4.69) is 105 Å². The number of anilines is 5. The summed E-state index contributed by atoms with van der Waals surface area (Å²) in [6.45, 7) is 14.7. The number of unbranched alkanes of at least 4 members (excludes halogenated alkanes) is 5. The first-order valence-electron chi connectivity index (χ1n) is 34.3. The van der Waals surface area contributed by atoms with Crippen molar-refractivity contribution >= 4 is 82.0 Å². The Hall–Kier alpha value is -10.3. The number of hydrogen-bond donors (Lipinski definition) is 12. The van der Waals surface area contributed by atoms with Gasteiger partial charge >= 0.3 is 24.2 Å². The third-order valence-corrected chi connectivity index (χ3v) is 16.0. The normalized spacial score (nSPS) is 12.8. The van der Waals surface area contributed by atoms with Gasteiger partial charge in [-0.05, 0) is 105 Å². The van der Waals surface area contributed by atoms with E-state index in [-0.39, 0.29) is 111 Å². The van der Waals surface area contributed by atoms with Crippen LogP contribution in [0.2, 0.25) is 0 Å². The number of aromatic amines is 2. The molecule has 3 aromatic carbocycles. The largest absolute Gasteiger partial charge is 0.497 e. The maximum absolute atomic E-state index is 12.9. The van der Waals surface area contributed by atoms with Gasteiger partial charge in [0.2, 0.25) is 17.8 Å². The van der Waals surface area contributed by atoms with Crippen LogP contribution in [0.5, 0.6) is 5.75 Å². The number of aromatic nitrogens is 4. The van der Waals surface area contributed by atoms with Crippen LogP contribution in [0.1, 0.15) is 148 Å². The van der Waals surface area contributed by atoms with E-state index >= 15 is 0 Å². The van der Waals surface area contributed by atoms with Crippen molar-refractivity contribution in [1.29, 1.82) is 0 Å². The molecule has 0 saturated carbocycles. The molecule has 0 fully saturated rings. The number of hydrogen-bond acceptors (Lipinski definition) is 20. The van der Waals surface area contributed by atoms with Crippen LogP contribution in [-0.2, 0) is 9.53 Å². The van der Waals surface area contributed by atoms with E-state index in [4.69, 9.17) is 9.47 Å². The monoisotopic (exact) mass is 1390 g/mol. The molecular formula is C69H100N18O13. The van der Waals surface area contributed by atoms with Crippen molar-refractivity contribution < 1.29 is 48.6 Å². The lowest BCUT2D eigenvalue weighted by molar-refractivity contribution is -0.383. The lowest BCUT2D eigenvalue weighted by atomic mass is 9.96. The highest BCUT2D eigenvalue weighted by atomic mass is 16.6. The Balaban J connectivity index is 0.000000376. The number of nitrogens with zero attached hydrogens (tertiary/aromatic N) is 8. The average molecular weight is 1390 g/mol. The van der Waals surface area contributed by atoms with Gasteiger partial charge in [0.25, 0.3) is 16.8 Å². The van der Waals surface area contributed by atoms with E-state index in [1.54, 1.807) is 24.2 Å². The Kier molecular flexibility index (Phi) is 35.8. The van der Waals surface area contributed by atoms with Crippen molar-refractivity contribution in [3.05, 3.63) is 133 Å². The minimum Gasteiger partial charge on any atom is -0.497 e. The third-order valence-electron chi connectivity index (χ3n) is 16.0. The number of amidine groups is 1. The number of ether oxygens (including phenoxy) is 2. The van der Waals surface area contributed by atoms with Crippen molar-refractivity contribution in [1.82, 2.24) is 46.5 Å². The molecule has 31 nitrogen and oxygen atoms in total. The van der Waals surface area contributed by atoms with Crippen LogP contribution in [-0.4, -0.2) is 157 Å². The number of benzene rings is 3. The molecule has 1 aliphatic heterocycles. The zero-order valence-electron chi connectivity index (χ0n) is 58.5. The number of urea groups is 3. The lowest BCUT2D eigenvalue weighted by Crippen LogP contribution is -2.41. The van der Waals surface area contributed by atoms with Gasteiger partial charge in [-0.2, -0.15) is 15.2 Å². The lowest BCUT2D eigenvalue weighted by Gasteiger charge is -2.25. The molecule has 0 radical (unpaired) electrons. The molecule has 0 aliphatic carbocycles. The Morgan fingerprint density at radius 1 is 0.650 bits per heavy atom. The number of nitro benzene ring substituents is 1. The summed E-state index contributed by atoms with van der Waals surface area (Å²) >= 11 is 0. The Morgan fingerprint density at radius 2 is 1.17 bits per heavy atom. The SMILES string of the molecule is CC(C)C1=CC(=O)NC(=NC(=O)NCCCCCCNC(=O)OCCNc2ccc(N(CCO)CCO)cc2[N+](=O)[O-])C1.CCCCC(CC)c1cc(=O)[nH]c(NC(=O)NCCN(CCNC(=O)Nc2nc(C(CC)CCCC)cc(=O)[nH]2)c2ccc(N=Nc3ccc(OC)cc3)cc2)n1. The molecule has 2 aromatic heterocycles. The molecule has 544 valence electrons. The quantitative estimate of drug-likeness (QED) is 0.00750. The Bertz CT molecular complexity index is 3500. The van der Waals surface area contributed by atoms with Gasteiger partial charge in [0, 0.05) is 113 Å². The summed E-state index contributed by atoms with van der Waals surface area (Å²) in [5.41, 5.74) is 4.30. The fourth-order valence-electron chi connectivity index (χ4n) is 10.5. The Labute approximate surface area is 582 Å². The second-order valence-corrected chi connectivity index (χ2v) is 23.8. The van der Waals surface area contributed by atoms with E-state index in [0.717, 1.165) is 94.1 Å². The number of aliphatic hydroxyl groups excluding tert-OH is 2. The number of nitro groups is 1. The molecule has 8 amide bonds. The summed E-state index contributed by atoms with van der Waals surface area (Å²) < 4.78 is 10.3. The number of carbonyl (C=O) groups is 5.